The van der Waals surface area contributed by atoms with Crippen LogP contribution in [0.1, 0.15) is 36.6 Å². The number of nitrogens with two attached hydrogens (primary N) is 1. The molecule has 2 nitrogen and oxygen atoms in total. The van der Waals surface area contributed by atoms with Crippen LogP contribution in [0.3, 0.4) is 0 Å². The molecular formula is C15H18N2S. The van der Waals surface area contributed by atoms with Gasteiger partial charge in [-0.15, -0.1) is 11.3 Å². The second kappa shape index (κ2) is 5.21. The average molecular weight is 258 g/mol. The smallest absolute Gasteiger partial charge is 0.0963 e. The van der Waals surface area contributed by atoms with Gasteiger partial charge in [0.1, 0.15) is 0 Å². The molecule has 1 fully saturated rings. The third-order valence-electron chi connectivity index (χ3n) is 3.71. The molecule has 0 saturated heterocycles. The predicted molar refractivity (Wildman–Crippen MR) is 76.7 cm³/mol. The lowest BCUT2D eigenvalue weighted by molar-refractivity contribution is 0.395. The van der Waals surface area contributed by atoms with Gasteiger partial charge in [0.15, 0.2) is 0 Å². The van der Waals surface area contributed by atoms with Crippen molar-refractivity contribution >= 4 is 11.3 Å². The van der Waals surface area contributed by atoms with Crippen LogP contribution in [-0.2, 0) is 0 Å². The van der Waals surface area contributed by atoms with Crippen LogP contribution in [0.15, 0.2) is 35.7 Å². The van der Waals surface area contributed by atoms with Crippen LogP contribution in [0.25, 0.3) is 11.3 Å². The van der Waals surface area contributed by atoms with Crippen molar-refractivity contribution in [3.63, 3.8) is 0 Å². The standard InChI is InChI=1S/C15H18N2S/c16-13-8-6-12(7-9-13)15-17-14(10-18-15)11-4-2-1-3-5-11/h1-5,10,12-13H,6-9,16H2. The molecule has 3 heteroatoms. The molecule has 3 rings (SSSR count). The third kappa shape index (κ3) is 2.47. The molecule has 18 heavy (non-hydrogen) atoms. The molecule has 0 unspecified atom stereocenters. The Morgan fingerprint density at radius 1 is 1.06 bits per heavy atom. The first kappa shape index (κ1) is 11.9. The van der Waals surface area contributed by atoms with Crippen molar-refractivity contribution in [3.05, 3.63) is 40.7 Å². The Balaban J connectivity index is 1.78. The van der Waals surface area contributed by atoms with Gasteiger partial charge in [0.25, 0.3) is 0 Å². The summed E-state index contributed by atoms with van der Waals surface area (Å²) in [6, 6.07) is 10.8. The van der Waals surface area contributed by atoms with Gasteiger partial charge in [0.05, 0.1) is 10.7 Å². The van der Waals surface area contributed by atoms with Crippen molar-refractivity contribution in [3.8, 4) is 11.3 Å². The SMILES string of the molecule is NC1CCC(c2nc(-c3ccccc3)cs2)CC1. The minimum atomic E-state index is 0.412. The van der Waals surface area contributed by atoms with Gasteiger partial charge in [-0.2, -0.15) is 0 Å². The van der Waals surface area contributed by atoms with Crippen LogP contribution in [0.4, 0.5) is 0 Å². The molecule has 1 saturated carbocycles. The molecule has 1 aliphatic rings. The van der Waals surface area contributed by atoms with E-state index in [-0.39, 0.29) is 0 Å². The topological polar surface area (TPSA) is 38.9 Å². The molecule has 1 aromatic carbocycles. The fraction of sp³-hybridized carbons (Fsp3) is 0.400. The monoisotopic (exact) mass is 258 g/mol. The summed E-state index contributed by atoms with van der Waals surface area (Å²) in [4.78, 5) is 4.81. The molecule has 2 N–H and O–H groups in total. The van der Waals surface area contributed by atoms with Crippen LogP contribution in [0.5, 0.6) is 0 Å². The van der Waals surface area contributed by atoms with Gasteiger partial charge < -0.3 is 5.73 Å². The number of thiazole rings is 1. The summed E-state index contributed by atoms with van der Waals surface area (Å²) in [6.07, 6.45) is 4.68. The predicted octanol–water partition coefficient (Wildman–Crippen LogP) is 3.80. The molecule has 0 radical (unpaired) electrons. The van der Waals surface area contributed by atoms with Crippen molar-refractivity contribution in [2.24, 2.45) is 5.73 Å². The maximum absolute atomic E-state index is 5.95. The summed E-state index contributed by atoms with van der Waals surface area (Å²) in [5.74, 6) is 0.632. The van der Waals surface area contributed by atoms with Gasteiger partial charge in [0.2, 0.25) is 0 Å². The second-order valence-electron chi connectivity index (χ2n) is 5.05. The summed E-state index contributed by atoms with van der Waals surface area (Å²) in [7, 11) is 0. The summed E-state index contributed by atoms with van der Waals surface area (Å²) in [5, 5.41) is 3.47. The summed E-state index contributed by atoms with van der Waals surface area (Å²) < 4.78 is 0. The molecule has 1 aromatic heterocycles. The Bertz CT molecular complexity index is 498. The van der Waals surface area contributed by atoms with E-state index in [0.717, 1.165) is 18.5 Å². The van der Waals surface area contributed by atoms with Crippen LogP contribution < -0.4 is 5.73 Å². The Labute approximate surface area is 112 Å². The highest BCUT2D eigenvalue weighted by Gasteiger charge is 2.22. The zero-order valence-electron chi connectivity index (χ0n) is 10.4. The quantitative estimate of drug-likeness (QED) is 0.890. The molecule has 0 atom stereocenters. The first-order valence-electron chi connectivity index (χ1n) is 6.59. The molecule has 1 heterocycles. The van der Waals surface area contributed by atoms with Gasteiger partial charge in [-0.05, 0) is 25.7 Å². The normalized spacial score (nSPS) is 24.1. The van der Waals surface area contributed by atoms with Gasteiger partial charge in [-0.25, -0.2) is 4.98 Å². The van der Waals surface area contributed by atoms with E-state index < -0.39 is 0 Å². The first-order valence-corrected chi connectivity index (χ1v) is 7.47. The van der Waals surface area contributed by atoms with Crippen molar-refractivity contribution in [2.45, 2.75) is 37.6 Å². The Morgan fingerprint density at radius 2 is 1.78 bits per heavy atom. The number of aromatic nitrogens is 1. The van der Waals surface area contributed by atoms with Gasteiger partial charge in [0, 0.05) is 22.9 Å². The number of hydrogen-bond acceptors (Lipinski definition) is 3. The summed E-state index contributed by atoms with van der Waals surface area (Å²) in [6.45, 7) is 0. The fourth-order valence-electron chi connectivity index (χ4n) is 2.58. The molecule has 0 amide bonds. The van der Waals surface area contributed by atoms with E-state index in [1.165, 1.54) is 23.4 Å². The van der Waals surface area contributed by atoms with E-state index in [1.54, 1.807) is 11.3 Å². The van der Waals surface area contributed by atoms with Crippen molar-refractivity contribution in [1.29, 1.82) is 0 Å². The average Bonchev–Trinajstić information content (AvgIpc) is 2.90. The highest BCUT2D eigenvalue weighted by atomic mass is 32.1. The van der Waals surface area contributed by atoms with E-state index in [1.807, 2.05) is 6.07 Å². The summed E-state index contributed by atoms with van der Waals surface area (Å²) >= 11 is 1.80. The van der Waals surface area contributed by atoms with E-state index in [2.05, 4.69) is 29.6 Å². The van der Waals surface area contributed by atoms with E-state index in [9.17, 15) is 0 Å². The Morgan fingerprint density at radius 3 is 2.50 bits per heavy atom. The molecule has 94 valence electrons. The second-order valence-corrected chi connectivity index (χ2v) is 5.94. The summed E-state index contributed by atoms with van der Waals surface area (Å²) in [5.41, 5.74) is 8.29. The van der Waals surface area contributed by atoms with E-state index in [0.29, 0.717) is 12.0 Å². The highest BCUT2D eigenvalue weighted by molar-refractivity contribution is 7.10. The number of benzene rings is 1. The first-order chi connectivity index (χ1) is 8.83. The molecule has 1 aliphatic carbocycles. The number of hydrogen-bond donors (Lipinski definition) is 1. The van der Waals surface area contributed by atoms with Crippen LogP contribution in [-0.4, -0.2) is 11.0 Å². The van der Waals surface area contributed by atoms with Crippen molar-refractivity contribution < 1.29 is 0 Å². The number of nitrogens with zero attached hydrogens (tertiary/aromatic N) is 1. The Kier molecular flexibility index (Phi) is 3.43. The van der Waals surface area contributed by atoms with Crippen molar-refractivity contribution in [1.82, 2.24) is 4.98 Å². The maximum atomic E-state index is 5.95. The van der Waals surface area contributed by atoms with Gasteiger partial charge >= 0.3 is 0 Å². The van der Waals surface area contributed by atoms with Crippen LogP contribution >= 0.6 is 11.3 Å². The molecule has 0 aliphatic heterocycles. The minimum absolute atomic E-state index is 0.412. The molecule has 2 aromatic rings. The van der Waals surface area contributed by atoms with E-state index >= 15 is 0 Å². The molecular weight excluding hydrogens is 240 g/mol. The molecule has 0 bridgehead atoms. The molecule has 0 spiro atoms. The fourth-order valence-corrected chi connectivity index (χ4v) is 3.58. The lowest BCUT2D eigenvalue weighted by atomic mass is 9.87. The lowest BCUT2D eigenvalue weighted by Crippen LogP contribution is -2.25. The number of rotatable bonds is 2. The van der Waals surface area contributed by atoms with Crippen LogP contribution in [0, 0.1) is 0 Å². The highest BCUT2D eigenvalue weighted by Crippen LogP contribution is 2.35. The van der Waals surface area contributed by atoms with Gasteiger partial charge in [-0.3, -0.25) is 0 Å². The zero-order valence-corrected chi connectivity index (χ0v) is 11.2. The minimum Gasteiger partial charge on any atom is -0.328 e. The lowest BCUT2D eigenvalue weighted by Gasteiger charge is -2.24. The van der Waals surface area contributed by atoms with Crippen LogP contribution in [0.2, 0.25) is 0 Å². The largest absolute Gasteiger partial charge is 0.328 e. The Hall–Kier alpha value is -1.19. The maximum Gasteiger partial charge on any atom is 0.0963 e. The zero-order chi connectivity index (χ0) is 12.4. The van der Waals surface area contributed by atoms with Gasteiger partial charge in [-0.1, -0.05) is 30.3 Å². The van der Waals surface area contributed by atoms with Crippen molar-refractivity contribution in [2.75, 3.05) is 0 Å². The van der Waals surface area contributed by atoms with E-state index in [4.69, 9.17) is 10.7 Å². The third-order valence-corrected chi connectivity index (χ3v) is 4.72.